The Bertz CT molecular complexity index is 149. The first-order chi connectivity index (χ1) is 6.76. The fourth-order valence-corrected chi connectivity index (χ4v) is 2.40. The van der Waals surface area contributed by atoms with Crippen LogP contribution in [0.15, 0.2) is 0 Å². The van der Waals surface area contributed by atoms with Gasteiger partial charge in [-0.05, 0) is 38.5 Å². The van der Waals surface area contributed by atoms with Gasteiger partial charge < -0.3 is 10.4 Å². The Balaban J connectivity index is 2.26. The standard InChI is InChI=1S/C12H25NO/c1-3-6-10(4-2)13-11-7-5-8-12(14)9-11/h10-14H,3-9H2,1-2H3. The quantitative estimate of drug-likeness (QED) is 0.713. The molecule has 1 rings (SSSR count). The summed E-state index contributed by atoms with van der Waals surface area (Å²) in [5, 5.41) is 13.2. The minimum Gasteiger partial charge on any atom is -0.393 e. The second-order valence-corrected chi connectivity index (χ2v) is 4.58. The minimum absolute atomic E-state index is 0.0552. The van der Waals surface area contributed by atoms with Crippen LogP contribution in [0, 0.1) is 0 Å². The van der Waals surface area contributed by atoms with Gasteiger partial charge in [-0.2, -0.15) is 0 Å². The van der Waals surface area contributed by atoms with E-state index in [-0.39, 0.29) is 6.10 Å². The van der Waals surface area contributed by atoms with Crippen molar-refractivity contribution in [3.63, 3.8) is 0 Å². The Labute approximate surface area is 88.1 Å². The Morgan fingerprint density at radius 3 is 2.71 bits per heavy atom. The molecular weight excluding hydrogens is 174 g/mol. The number of rotatable bonds is 5. The van der Waals surface area contributed by atoms with Gasteiger partial charge in [-0.3, -0.25) is 0 Å². The van der Waals surface area contributed by atoms with Crippen molar-refractivity contribution < 1.29 is 5.11 Å². The molecule has 84 valence electrons. The van der Waals surface area contributed by atoms with Crippen molar-refractivity contribution in [1.29, 1.82) is 0 Å². The molecule has 3 unspecified atom stereocenters. The summed E-state index contributed by atoms with van der Waals surface area (Å²) in [6.45, 7) is 4.48. The van der Waals surface area contributed by atoms with Gasteiger partial charge in [0.25, 0.3) is 0 Å². The van der Waals surface area contributed by atoms with E-state index in [1.54, 1.807) is 0 Å². The lowest BCUT2D eigenvalue weighted by molar-refractivity contribution is 0.108. The van der Waals surface area contributed by atoms with Crippen LogP contribution in [0.5, 0.6) is 0 Å². The third-order valence-corrected chi connectivity index (χ3v) is 3.25. The molecule has 2 N–H and O–H groups in total. The second-order valence-electron chi connectivity index (χ2n) is 4.58. The molecule has 14 heavy (non-hydrogen) atoms. The molecule has 3 atom stereocenters. The third-order valence-electron chi connectivity index (χ3n) is 3.25. The molecule has 0 aromatic rings. The molecule has 1 fully saturated rings. The van der Waals surface area contributed by atoms with Gasteiger partial charge >= 0.3 is 0 Å². The Hall–Kier alpha value is -0.0800. The normalized spacial score (nSPS) is 30.2. The van der Waals surface area contributed by atoms with Gasteiger partial charge in [0.1, 0.15) is 0 Å². The molecule has 1 aliphatic carbocycles. The van der Waals surface area contributed by atoms with E-state index in [2.05, 4.69) is 19.2 Å². The topological polar surface area (TPSA) is 32.3 Å². The number of aliphatic hydroxyl groups is 1. The van der Waals surface area contributed by atoms with Gasteiger partial charge in [-0.25, -0.2) is 0 Å². The highest BCUT2D eigenvalue weighted by atomic mass is 16.3. The first-order valence-electron chi connectivity index (χ1n) is 6.20. The fraction of sp³-hybridized carbons (Fsp3) is 1.00. The molecular formula is C12H25NO. The van der Waals surface area contributed by atoms with Gasteiger partial charge in [-0.1, -0.05) is 20.3 Å². The van der Waals surface area contributed by atoms with E-state index in [1.165, 1.54) is 32.1 Å². The highest BCUT2D eigenvalue weighted by Crippen LogP contribution is 2.19. The van der Waals surface area contributed by atoms with Crippen LogP contribution in [0.3, 0.4) is 0 Å². The molecule has 0 bridgehead atoms. The lowest BCUT2D eigenvalue weighted by atomic mass is 9.92. The van der Waals surface area contributed by atoms with Gasteiger partial charge in [0.2, 0.25) is 0 Å². The number of hydrogen-bond donors (Lipinski definition) is 2. The number of nitrogens with one attached hydrogen (secondary N) is 1. The highest BCUT2D eigenvalue weighted by Gasteiger charge is 2.21. The summed E-state index contributed by atoms with van der Waals surface area (Å²) in [5.41, 5.74) is 0. The van der Waals surface area contributed by atoms with E-state index in [4.69, 9.17) is 0 Å². The molecule has 0 aliphatic heterocycles. The van der Waals surface area contributed by atoms with Crippen molar-refractivity contribution in [3.05, 3.63) is 0 Å². The Kier molecular flexibility index (Phi) is 5.49. The molecule has 0 heterocycles. The molecule has 0 radical (unpaired) electrons. The van der Waals surface area contributed by atoms with Crippen molar-refractivity contribution in [2.45, 2.75) is 77.0 Å². The van der Waals surface area contributed by atoms with Crippen LogP contribution >= 0.6 is 0 Å². The highest BCUT2D eigenvalue weighted by molar-refractivity contribution is 4.80. The zero-order valence-electron chi connectivity index (χ0n) is 9.63. The van der Waals surface area contributed by atoms with Gasteiger partial charge in [0, 0.05) is 12.1 Å². The molecule has 1 saturated carbocycles. The molecule has 0 aromatic carbocycles. The van der Waals surface area contributed by atoms with Crippen LogP contribution in [0.1, 0.15) is 58.8 Å². The van der Waals surface area contributed by atoms with E-state index in [0.29, 0.717) is 12.1 Å². The van der Waals surface area contributed by atoms with Crippen LogP contribution in [0.2, 0.25) is 0 Å². The van der Waals surface area contributed by atoms with Crippen molar-refractivity contribution in [3.8, 4) is 0 Å². The Morgan fingerprint density at radius 2 is 2.14 bits per heavy atom. The first-order valence-corrected chi connectivity index (χ1v) is 6.20. The maximum Gasteiger partial charge on any atom is 0.0555 e. The van der Waals surface area contributed by atoms with Crippen molar-refractivity contribution in [2.24, 2.45) is 0 Å². The largest absolute Gasteiger partial charge is 0.393 e. The summed E-state index contributed by atoms with van der Waals surface area (Å²) in [6, 6.07) is 1.23. The predicted molar refractivity (Wildman–Crippen MR) is 60.4 cm³/mol. The molecule has 0 spiro atoms. The zero-order valence-corrected chi connectivity index (χ0v) is 9.63. The SMILES string of the molecule is CCCC(CC)NC1CCCC(O)C1. The van der Waals surface area contributed by atoms with Crippen LogP contribution < -0.4 is 5.32 Å². The zero-order chi connectivity index (χ0) is 10.4. The maximum atomic E-state index is 9.56. The van der Waals surface area contributed by atoms with Crippen LogP contribution in [0.25, 0.3) is 0 Å². The molecule has 1 aliphatic rings. The van der Waals surface area contributed by atoms with E-state index in [9.17, 15) is 5.11 Å². The lowest BCUT2D eigenvalue weighted by Crippen LogP contribution is -2.42. The summed E-state index contributed by atoms with van der Waals surface area (Å²) in [6.07, 6.45) is 8.06. The van der Waals surface area contributed by atoms with Crippen LogP contribution in [-0.2, 0) is 0 Å². The molecule has 0 amide bonds. The lowest BCUT2D eigenvalue weighted by Gasteiger charge is -2.30. The summed E-state index contributed by atoms with van der Waals surface area (Å²) in [4.78, 5) is 0. The summed E-state index contributed by atoms with van der Waals surface area (Å²) in [7, 11) is 0. The predicted octanol–water partition coefficient (Wildman–Crippen LogP) is 2.46. The van der Waals surface area contributed by atoms with Gasteiger partial charge in [0.05, 0.1) is 6.10 Å². The average molecular weight is 199 g/mol. The molecule has 0 aromatic heterocycles. The smallest absolute Gasteiger partial charge is 0.0555 e. The minimum atomic E-state index is -0.0552. The van der Waals surface area contributed by atoms with Gasteiger partial charge in [0.15, 0.2) is 0 Å². The van der Waals surface area contributed by atoms with Crippen molar-refractivity contribution in [1.82, 2.24) is 5.32 Å². The fourth-order valence-electron chi connectivity index (χ4n) is 2.40. The van der Waals surface area contributed by atoms with Crippen LogP contribution in [-0.4, -0.2) is 23.3 Å². The van der Waals surface area contributed by atoms with E-state index in [1.807, 2.05) is 0 Å². The molecule has 2 heteroatoms. The van der Waals surface area contributed by atoms with Crippen molar-refractivity contribution >= 4 is 0 Å². The molecule has 0 saturated heterocycles. The van der Waals surface area contributed by atoms with Crippen LogP contribution in [0.4, 0.5) is 0 Å². The van der Waals surface area contributed by atoms with E-state index < -0.39 is 0 Å². The third kappa shape index (κ3) is 3.97. The summed E-state index contributed by atoms with van der Waals surface area (Å²) < 4.78 is 0. The van der Waals surface area contributed by atoms with E-state index in [0.717, 1.165) is 12.8 Å². The maximum absolute atomic E-state index is 9.56. The monoisotopic (exact) mass is 199 g/mol. The number of hydrogen-bond acceptors (Lipinski definition) is 2. The summed E-state index contributed by atoms with van der Waals surface area (Å²) >= 11 is 0. The molecule has 2 nitrogen and oxygen atoms in total. The Morgan fingerprint density at radius 1 is 1.36 bits per heavy atom. The second kappa shape index (κ2) is 6.41. The van der Waals surface area contributed by atoms with E-state index >= 15 is 0 Å². The van der Waals surface area contributed by atoms with Crippen molar-refractivity contribution in [2.75, 3.05) is 0 Å². The average Bonchev–Trinajstić information content (AvgIpc) is 2.17. The first kappa shape index (κ1) is 12.0. The van der Waals surface area contributed by atoms with Gasteiger partial charge in [-0.15, -0.1) is 0 Å². The number of aliphatic hydroxyl groups excluding tert-OH is 1. The summed E-state index contributed by atoms with van der Waals surface area (Å²) in [5.74, 6) is 0.